The van der Waals surface area contributed by atoms with Crippen LogP contribution in [0.2, 0.25) is 0 Å². The zero-order valence-electron chi connectivity index (χ0n) is 2.54. The van der Waals surface area contributed by atoms with Crippen LogP contribution in [0.4, 0.5) is 0 Å². The number of halogens is 5. The minimum absolute atomic E-state index is 0. The van der Waals surface area contributed by atoms with Crippen molar-refractivity contribution >= 4 is 49.6 Å². The molecule has 6 heteroatoms. The molecule has 0 N–H and O–H groups in total. The van der Waals surface area contributed by atoms with Crippen molar-refractivity contribution in [1.29, 1.82) is 0 Å². The average Bonchev–Trinajstić information content (AvgIpc) is 0.722. The van der Waals surface area contributed by atoms with Crippen LogP contribution < -0.4 is 0 Å². The van der Waals surface area contributed by atoms with Crippen LogP contribution in [0.3, 0.4) is 0 Å². The van der Waals surface area contributed by atoms with Gasteiger partial charge in [-0.1, -0.05) is 0 Å². The van der Waals surface area contributed by atoms with Gasteiger partial charge in [0.15, 0.2) is 0 Å². The van der Waals surface area contributed by atoms with Gasteiger partial charge < -0.3 is 0 Å². The maximum atomic E-state index is 5.03. The van der Waals surface area contributed by atoms with E-state index in [2.05, 4.69) is 0 Å². The van der Waals surface area contributed by atoms with Gasteiger partial charge >= 0.3 is 49.6 Å². The molecule has 0 unspecified atom stereocenters. The Labute approximate surface area is 61.5 Å². The Morgan fingerprint density at radius 3 is 0.833 bits per heavy atom. The van der Waals surface area contributed by atoms with Gasteiger partial charge in [-0.15, -0.1) is 0 Å². The molecular weight excluding hydrogens is 247 g/mol. The fourth-order valence-electron chi connectivity index (χ4n) is 0. The van der Waals surface area contributed by atoms with Crippen LogP contribution in [0.5, 0.6) is 0 Å². The summed E-state index contributed by atoms with van der Waals surface area (Å²) in [5, 5.41) is 0. The van der Waals surface area contributed by atoms with Gasteiger partial charge in [-0.3, -0.25) is 0 Å². The van der Waals surface area contributed by atoms with Crippen LogP contribution in [-0.4, -0.2) is 11.0 Å². The molecule has 0 amide bonds. The van der Waals surface area contributed by atoms with E-state index in [0.717, 1.165) is 0 Å². The summed E-state index contributed by atoms with van der Waals surface area (Å²) in [6.07, 6.45) is 0. The summed E-state index contributed by atoms with van der Waals surface area (Å²) < 4.78 is 0. The normalized spacial score (nSPS) is 10.0. The van der Waals surface area contributed by atoms with E-state index in [4.69, 9.17) is 38.6 Å². The van der Waals surface area contributed by atoms with Gasteiger partial charge in [-0.05, 0) is 0 Å². The van der Waals surface area contributed by atoms with Gasteiger partial charge in [0, 0.05) is 0 Å². The van der Waals surface area contributed by atoms with E-state index in [-0.39, 0.29) is 12.4 Å². The first-order valence-electron chi connectivity index (χ1n) is 0.873. The molecule has 0 fully saturated rings. The monoisotopic (exact) mass is 246 g/mol. The Balaban J connectivity index is 0. The number of hydrogen-bond donors (Lipinski definition) is 0. The molecule has 0 aliphatic rings. The molecule has 0 atom stereocenters. The zero-order valence-corrected chi connectivity index (χ0v) is 8.88. The second kappa shape index (κ2) is 4.01. The molecule has 0 saturated heterocycles. The van der Waals surface area contributed by atoms with Gasteiger partial charge in [0.2, 0.25) is 0 Å². The Bertz CT molecular complexity index is 19.4. The molecular formula is H2Cl5Ga. The summed E-state index contributed by atoms with van der Waals surface area (Å²) in [5.74, 6) is 0. The number of hydrogen-bond acceptors (Lipinski definition) is 0. The molecule has 0 bridgehead atoms. The molecule has 0 rings (SSSR count). The molecule has 0 heterocycles. The number of rotatable bonds is 0. The van der Waals surface area contributed by atoms with Crippen LogP contribution >= 0.6 is 38.6 Å². The summed E-state index contributed by atoms with van der Waals surface area (Å²) >= 11 is -3.24. The molecule has 0 spiro atoms. The van der Waals surface area contributed by atoms with Crippen LogP contribution in [0, 0.1) is 12.4 Å². The third-order valence-electron chi connectivity index (χ3n) is 0. The topological polar surface area (TPSA) is 0 Å². The second-order valence-corrected chi connectivity index (χ2v) is 23.1. The van der Waals surface area contributed by atoms with Crippen molar-refractivity contribution in [2.45, 2.75) is 0 Å². The summed E-state index contributed by atoms with van der Waals surface area (Å²) in [7, 11) is 20.1. The Kier molecular flexibility index (Phi) is 7.33. The molecule has 0 aromatic rings. The molecule has 40 valence electrons. The van der Waals surface area contributed by atoms with E-state index in [0.29, 0.717) is 0 Å². The fraction of sp³-hybridized carbons (Fsp3) is 0. The van der Waals surface area contributed by atoms with Crippen molar-refractivity contribution in [2.24, 2.45) is 0 Å². The van der Waals surface area contributed by atoms with Crippen molar-refractivity contribution in [3.63, 3.8) is 0 Å². The second-order valence-electron chi connectivity index (χ2n) is 0.495. The SMILES string of the molecule is [ClH2+].[Cl][Ga-]([Cl])([Cl])[Cl]. The third-order valence-corrected chi connectivity index (χ3v) is 0. The van der Waals surface area contributed by atoms with Gasteiger partial charge in [-0.25, -0.2) is 0 Å². The van der Waals surface area contributed by atoms with Crippen LogP contribution in [0.15, 0.2) is 0 Å². The van der Waals surface area contributed by atoms with E-state index in [9.17, 15) is 0 Å². The predicted molar refractivity (Wildman–Crippen MR) is 32.0 cm³/mol. The molecule has 0 saturated carbocycles. The summed E-state index contributed by atoms with van der Waals surface area (Å²) in [5.41, 5.74) is 0. The van der Waals surface area contributed by atoms with Gasteiger partial charge in [-0.2, -0.15) is 0 Å². The van der Waals surface area contributed by atoms with E-state index in [1.54, 1.807) is 0 Å². The van der Waals surface area contributed by atoms with Crippen molar-refractivity contribution < 1.29 is 12.4 Å². The average molecular weight is 249 g/mol. The fourth-order valence-corrected chi connectivity index (χ4v) is 0. The first kappa shape index (κ1) is 11.0. The quantitative estimate of drug-likeness (QED) is 0.574. The molecule has 0 aliphatic heterocycles. The van der Waals surface area contributed by atoms with Gasteiger partial charge in [0.25, 0.3) is 0 Å². The Morgan fingerprint density at radius 2 is 0.833 bits per heavy atom. The molecule has 0 aromatic carbocycles. The molecule has 0 radical (unpaired) electrons. The standard InChI is InChI=1S/ClH2.4ClH.Ga/h1H2;4*1H;/q+1;;;;;+3/p-4. The van der Waals surface area contributed by atoms with E-state index in [1.807, 2.05) is 0 Å². The Hall–Kier alpha value is 2.09. The summed E-state index contributed by atoms with van der Waals surface area (Å²) in [4.78, 5) is 0. The van der Waals surface area contributed by atoms with Crippen LogP contribution in [0.25, 0.3) is 0 Å². The van der Waals surface area contributed by atoms with Crippen molar-refractivity contribution in [3.8, 4) is 0 Å². The van der Waals surface area contributed by atoms with Crippen LogP contribution in [0.1, 0.15) is 0 Å². The minimum atomic E-state index is -3.24. The first-order valence-corrected chi connectivity index (χ1v) is 13.6. The van der Waals surface area contributed by atoms with Gasteiger partial charge in [0.05, 0.1) is 12.4 Å². The van der Waals surface area contributed by atoms with E-state index < -0.39 is 11.0 Å². The molecule has 0 aliphatic carbocycles. The van der Waals surface area contributed by atoms with Gasteiger partial charge in [0.1, 0.15) is 0 Å². The zero-order chi connectivity index (χ0) is 4.50. The van der Waals surface area contributed by atoms with E-state index >= 15 is 0 Å². The third kappa shape index (κ3) is 36.2. The molecule has 6 heavy (non-hydrogen) atoms. The van der Waals surface area contributed by atoms with Crippen molar-refractivity contribution in [2.75, 3.05) is 0 Å². The predicted octanol–water partition coefficient (Wildman–Crippen LogP) is 1.84. The maximum absolute atomic E-state index is 5.03. The molecule has 0 nitrogen and oxygen atoms in total. The first-order chi connectivity index (χ1) is 2.00. The van der Waals surface area contributed by atoms with E-state index in [1.165, 1.54) is 0 Å². The van der Waals surface area contributed by atoms with Crippen LogP contribution in [-0.2, 0) is 0 Å². The summed E-state index contributed by atoms with van der Waals surface area (Å²) in [6.45, 7) is 0. The Morgan fingerprint density at radius 1 is 0.833 bits per heavy atom. The molecule has 0 aromatic heterocycles. The van der Waals surface area contributed by atoms with Crippen molar-refractivity contribution in [1.82, 2.24) is 0 Å². The van der Waals surface area contributed by atoms with Crippen molar-refractivity contribution in [3.05, 3.63) is 0 Å². The summed E-state index contributed by atoms with van der Waals surface area (Å²) in [6, 6.07) is 0.